The van der Waals surface area contributed by atoms with Crippen LogP contribution in [0.15, 0.2) is 23.8 Å². The molecule has 0 aromatic heterocycles. The summed E-state index contributed by atoms with van der Waals surface area (Å²) in [5.74, 6) is 2.92. The second-order valence-electron chi connectivity index (χ2n) is 5.94. The molecule has 0 radical (unpaired) electrons. The molecule has 0 aromatic carbocycles. The molecular weight excluding hydrogens is 204 g/mol. The maximum absolute atomic E-state index is 2.52. The van der Waals surface area contributed by atoms with Crippen molar-refractivity contribution in [1.82, 2.24) is 0 Å². The molecule has 0 heterocycles. The van der Waals surface area contributed by atoms with E-state index in [4.69, 9.17) is 0 Å². The SMILES string of the molecule is CC/C=C1\C=CC(C2CCC(CC)CC2)CC1. The van der Waals surface area contributed by atoms with Gasteiger partial charge in [-0.3, -0.25) is 0 Å². The van der Waals surface area contributed by atoms with Crippen LogP contribution in [0.4, 0.5) is 0 Å². The molecule has 17 heavy (non-hydrogen) atoms. The van der Waals surface area contributed by atoms with Crippen LogP contribution in [0.2, 0.25) is 0 Å². The average Bonchev–Trinajstić information content (AvgIpc) is 2.40. The molecule has 1 fully saturated rings. The highest BCUT2D eigenvalue weighted by atomic mass is 14.3. The Labute approximate surface area is 107 Å². The van der Waals surface area contributed by atoms with Crippen LogP contribution in [0.25, 0.3) is 0 Å². The topological polar surface area (TPSA) is 0 Å². The summed E-state index contributed by atoms with van der Waals surface area (Å²) in [6.45, 7) is 4.59. The fraction of sp³-hybridized carbons (Fsp3) is 0.765. The average molecular weight is 232 g/mol. The minimum Gasteiger partial charge on any atom is -0.0816 e. The number of hydrogen-bond acceptors (Lipinski definition) is 0. The lowest BCUT2D eigenvalue weighted by Gasteiger charge is -2.33. The lowest BCUT2D eigenvalue weighted by molar-refractivity contribution is 0.218. The standard InChI is InChI=1S/C17H28/c1-3-5-15-8-12-17(13-9-15)16-10-6-14(4-2)7-11-16/h5,8,12,14,16-17H,3-4,6-7,9-11,13H2,1-2H3/b15-5+. The van der Waals surface area contributed by atoms with Gasteiger partial charge in [-0.15, -0.1) is 0 Å². The van der Waals surface area contributed by atoms with E-state index < -0.39 is 0 Å². The first-order valence-corrected chi connectivity index (χ1v) is 7.70. The molecule has 0 heteroatoms. The summed E-state index contributed by atoms with van der Waals surface area (Å²) in [7, 11) is 0. The van der Waals surface area contributed by atoms with Crippen LogP contribution < -0.4 is 0 Å². The Hall–Kier alpha value is -0.520. The fourth-order valence-electron chi connectivity index (χ4n) is 3.61. The summed E-state index contributed by atoms with van der Waals surface area (Å²) in [6, 6.07) is 0. The predicted molar refractivity (Wildman–Crippen MR) is 76.0 cm³/mol. The van der Waals surface area contributed by atoms with Crippen LogP contribution in [0, 0.1) is 17.8 Å². The van der Waals surface area contributed by atoms with E-state index in [1.807, 2.05) is 0 Å². The molecule has 96 valence electrons. The maximum atomic E-state index is 2.52. The van der Waals surface area contributed by atoms with E-state index in [0.29, 0.717) is 0 Å². The summed E-state index contributed by atoms with van der Waals surface area (Å²) in [4.78, 5) is 0. The van der Waals surface area contributed by atoms with Gasteiger partial charge in [0.1, 0.15) is 0 Å². The second kappa shape index (κ2) is 6.42. The lowest BCUT2D eigenvalue weighted by atomic mass is 9.72. The van der Waals surface area contributed by atoms with Gasteiger partial charge in [-0.1, -0.05) is 56.9 Å². The highest BCUT2D eigenvalue weighted by molar-refractivity contribution is 5.22. The zero-order valence-electron chi connectivity index (χ0n) is 11.6. The van der Waals surface area contributed by atoms with Crippen molar-refractivity contribution in [2.45, 2.75) is 65.2 Å². The Bertz CT molecular complexity index is 276. The Morgan fingerprint density at radius 3 is 2.41 bits per heavy atom. The van der Waals surface area contributed by atoms with Gasteiger partial charge in [0.15, 0.2) is 0 Å². The lowest BCUT2D eigenvalue weighted by Crippen LogP contribution is -2.21. The minimum atomic E-state index is 0.891. The van der Waals surface area contributed by atoms with Crippen molar-refractivity contribution < 1.29 is 0 Å². The van der Waals surface area contributed by atoms with Crippen molar-refractivity contribution in [3.8, 4) is 0 Å². The maximum Gasteiger partial charge on any atom is -0.0199 e. The number of allylic oxidation sites excluding steroid dienone is 4. The Kier molecular flexibility index (Phi) is 4.88. The zero-order valence-corrected chi connectivity index (χ0v) is 11.6. The molecule has 2 rings (SSSR count). The molecule has 2 aliphatic rings. The molecule has 0 spiro atoms. The van der Waals surface area contributed by atoms with E-state index in [1.54, 1.807) is 5.57 Å². The molecule has 0 aromatic rings. The van der Waals surface area contributed by atoms with Gasteiger partial charge < -0.3 is 0 Å². The van der Waals surface area contributed by atoms with E-state index in [0.717, 1.165) is 17.8 Å². The summed E-state index contributed by atoms with van der Waals surface area (Å²) < 4.78 is 0. The van der Waals surface area contributed by atoms with Crippen LogP contribution in [0.5, 0.6) is 0 Å². The highest BCUT2D eigenvalue weighted by Crippen LogP contribution is 2.39. The van der Waals surface area contributed by atoms with Gasteiger partial charge >= 0.3 is 0 Å². The van der Waals surface area contributed by atoms with E-state index in [9.17, 15) is 0 Å². The molecule has 0 bridgehead atoms. The van der Waals surface area contributed by atoms with Gasteiger partial charge in [0.2, 0.25) is 0 Å². The zero-order chi connectivity index (χ0) is 12.1. The normalized spacial score (nSPS) is 36.4. The Morgan fingerprint density at radius 1 is 1.12 bits per heavy atom. The fourth-order valence-corrected chi connectivity index (χ4v) is 3.61. The summed E-state index contributed by atoms with van der Waals surface area (Å²) in [6.07, 6.45) is 18.6. The molecule has 0 N–H and O–H groups in total. The Morgan fingerprint density at radius 2 is 1.88 bits per heavy atom. The van der Waals surface area contributed by atoms with E-state index in [1.165, 1.54) is 51.4 Å². The molecule has 0 nitrogen and oxygen atoms in total. The third-order valence-electron chi connectivity index (χ3n) is 4.86. The smallest absolute Gasteiger partial charge is 0.0199 e. The summed E-state index contributed by atoms with van der Waals surface area (Å²) in [5, 5.41) is 0. The van der Waals surface area contributed by atoms with Crippen molar-refractivity contribution in [3.63, 3.8) is 0 Å². The monoisotopic (exact) mass is 232 g/mol. The van der Waals surface area contributed by atoms with Crippen molar-refractivity contribution in [2.24, 2.45) is 17.8 Å². The largest absolute Gasteiger partial charge is 0.0816 e. The van der Waals surface area contributed by atoms with Gasteiger partial charge in [0, 0.05) is 0 Å². The molecule has 1 unspecified atom stereocenters. The quantitative estimate of drug-likeness (QED) is 0.602. The Balaban J connectivity index is 1.85. The molecule has 0 aliphatic heterocycles. The molecule has 1 atom stereocenters. The van der Waals surface area contributed by atoms with Crippen LogP contribution >= 0.6 is 0 Å². The first kappa shape index (κ1) is 12.9. The van der Waals surface area contributed by atoms with Crippen LogP contribution in [-0.4, -0.2) is 0 Å². The predicted octanol–water partition coefficient (Wildman–Crippen LogP) is 5.51. The molecule has 0 amide bonds. The van der Waals surface area contributed by atoms with Gasteiger partial charge in [-0.05, 0) is 49.9 Å². The summed E-state index contributed by atoms with van der Waals surface area (Å²) >= 11 is 0. The second-order valence-corrected chi connectivity index (χ2v) is 5.94. The van der Waals surface area contributed by atoms with Crippen molar-refractivity contribution in [3.05, 3.63) is 23.8 Å². The van der Waals surface area contributed by atoms with Crippen LogP contribution in [0.3, 0.4) is 0 Å². The third kappa shape index (κ3) is 3.47. The van der Waals surface area contributed by atoms with E-state index in [-0.39, 0.29) is 0 Å². The van der Waals surface area contributed by atoms with Gasteiger partial charge in [-0.2, -0.15) is 0 Å². The third-order valence-corrected chi connectivity index (χ3v) is 4.86. The van der Waals surface area contributed by atoms with Gasteiger partial charge in [0.25, 0.3) is 0 Å². The van der Waals surface area contributed by atoms with Gasteiger partial charge in [0.05, 0.1) is 0 Å². The number of rotatable bonds is 3. The van der Waals surface area contributed by atoms with Crippen LogP contribution in [0.1, 0.15) is 65.2 Å². The molecule has 0 saturated heterocycles. The molecular formula is C17H28. The first-order valence-electron chi connectivity index (χ1n) is 7.70. The number of hydrogen-bond donors (Lipinski definition) is 0. The van der Waals surface area contributed by atoms with Crippen molar-refractivity contribution in [1.29, 1.82) is 0 Å². The van der Waals surface area contributed by atoms with Crippen molar-refractivity contribution >= 4 is 0 Å². The molecule has 2 aliphatic carbocycles. The van der Waals surface area contributed by atoms with Crippen LogP contribution in [-0.2, 0) is 0 Å². The molecule has 1 saturated carbocycles. The first-order chi connectivity index (χ1) is 8.33. The minimum absolute atomic E-state index is 0.891. The van der Waals surface area contributed by atoms with Gasteiger partial charge in [-0.25, -0.2) is 0 Å². The van der Waals surface area contributed by atoms with E-state index in [2.05, 4.69) is 32.1 Å². The summed E-state index contributed by atoms with van der Waals surface area (Å²) in [5.41, 5.74) is 1.57. The highest BCUT2D eigenvalue weighted by Gasteiger charge is 2.26. The van der Waals surface area contributed by atoms with Crippen molar-refractivity contribution in [2.75, 3.05) is 0 Å². The van der Waals surface area contributed by atoms with E-state index >= 15 is 0 Å².